The lowest BCUT2D eigenvalue weighted by molar-refractivity contribution is -0.131. The van der Waals surface area contributed by atoms with Gasteiger partial charge in [0, 0.05) is 24.9 Å². The van der Waals surface area contributed by atoms with Crippen molar-refractivity contribution in [2.45, 2.75) is 13.8 Å². The number of aromatic nitrogens is 3. The normalized spacial score (nSPS) is 10.9. The first-order valence-electron chi connectivity index (χ1n) is 6.03. The molecule has 0 saturated carbocycles. The van der Waals surface area contributed by atoms with Crippen LogP contribution in [0.2, 0.25) is 0 Å². The first kappa shape index (κ1) is 13.8. The van der Waals surface area contributed by atoms with Gasteiger partial charge < -0.3 is 9.84 Å². The Hall–Kier alpha value is -2.63. The Bertz CT molecular complexity index is 674. The molecule has 0 aliphatic carbocycles. The molecule has 0 amide bonds. The lowest BCUT2D eigenvalue weighted by Gasteiger charge is -2.07. The van der Waals surface area contributed by atoms with E-state index in [1.165, 1.54) is 6.08 Å². The van der Waals surface area contributed by atoms with Gasteiger partial charge in [0.2, 0.25) is 5.88 Å². The first-order valence-corrected chi connectivity index (χ1v) is 6.03. The average molecular weight is 273 g/mol. The molecule has 2 rings (SSSR count). The standard InChI is InChI=1S/C14H15N3O3/c1-9-13(10(2)17(3)16-9)20-14-11(5-4-8-15-14)6-7-12(18)19/h4-8H,1-3H3,(H,18,19)/b7-6+. The number of aryl methyl sites for hydroxylation is 2. The molecule has 0 radical (unpaired) electrons. The van der Waals surface area contributed by atoms with Gasteiger partial charge in [0.1, 0.15) is 5.69 Å². The molecule has 0 saturated heterocycles. The number of pyridine rings is 1. The van der Waals surface area contributed by atoms with Gasteiger partial charge in [-0.05, 0) is 32.1 Å². The van der Waals surface area contributed by atoms with Gasteiger partial charge >= 0.3 is 5.97 Å². The molecule has 0 atom stereocenters. The molecule has 2 aromatic rings. The minimum absolute atomic E-state index is 0.351. The Labute approximate surface area is 116 Å². The van der Waals surface area contributed by atoms with Gasteiger partial charge in [0.05, 0.1) is 5.69 Å². The Kier molecular flexibility index (Phi) is 3.84. The summed E-state index contributed by atoms with van der Waals surface area (Å²) in [6, 6.07) is 3.46. The van der Waals surface area contributed by atoms with Crippen LogP contribution in [0, 0.1) is 13.8 Å². The fraction of sp³-hybridized carbons (Fsp3) is 0.214. The van der Waals surface area contributed by atoms with Gasteiger partial charge in [-0.1, -0.05) is 0 Å². The summed E-state index contributed by atoms with van der Waals surface area (Å²) in [6.07, 6.45) is 4.09. The highest BCUT2D eigenvalue weighted by Gasteiger charge is 2.13. The predicted octanol–water partition coefficient (Wildman–Crippen LogP) is 2.32. The van der Waals surface area contributed by atoms with E-state index in [-0.39, 0.29) is 0 Å². The molecule has 0 bridgehead atoms. The minimum Gasteiger partial charge on any atom is -0.478 e. The smallest absolute Gasteiger partial charge is 0.328 e. The van der Waals surface area contributed by atoms with Crippen LogP contribution in [0.3, 0.4) is 0 Å². The highest BCUT2D eigenvalue weighted by Crippen LogP contribution is 2.29. The van der Waals surface area contributed by atoms with Gasteiger partial charge in [-0.15, -0.1) is 0 Å². The molecule has 20 heavy (non-hydrogen) atoms. The van der Waals surface area contributed by atoms with Gasteiger partial charge in [0.15, 0.2) is 5.75 Å². The molecule has 2 heterocycles. The molecular formula is C14H15N3O3. The van der Waals surface area contributed by atoms with Crippen LogP contribution in [0.1, 0.15) is 17.0 Å². The van der Waals surface area contributed by atoms with Gasteiger partial charge in [-0.3, -0.25) is 4.68 Å². The fourth-order valence-corrected chi connectivity index (χ4v) is 1.77. The molecular weight excluding hydrogens is 258 g/mol. The Morgan fingerprint density at radius 2 is 2.20 bits per heavy atom. The Morgan fingerprint density at radius 1 is 1.45 bits per heavy atom. The van der Waals surface area contributed by atoms with Gasteiger partial charge in [0.25, 0.3) is 0 Å². The van der Waals surface area contributed by atoms with Crippen molar-refractivity contribution < 1.29 is 14.6 Å². The monoisotopic (exact) mass is 273 g/mol. The molecule has 1 N–H and O–H groups in total. The summed E-state index contributed by atoms with van der Waals surface area (Å²) in [5.41, 5.74) is 2.22. The van der Waals surface area contributed by atoms with Crippen LogP contribution >= 0.6 is 0 Å². The van der Waals surface area contributed by atoms with E-state index in [9.17, 15) is 4.79 Å². The fourth-order valence-electron chi connectivity index (χ4n) is 1.77. The van der Waals surface area contributed by atoms with Crippen LogP contribution in [-0.4, -0.2) is 25.8 Å². The first-order chi connectivity index (χ1) is 9.49. The van der Waals surface area contributed by atoms with E-state index in [0.717, 1.165) is 17.5 Å². The Morgan fingerprint density at radius 3 is 2.80 bits per heavy atom. The van der Waals surface area contributed by atoms with E-state index in [1.807, 2.05) is 20.9 Å². The van der Waals surface area contributed by atoms with Gasteiger partial charge in [-0.25, -0.2) is 9.78 Å². The average Bonchev–Trinajstić information content (AvgIpc) is 2.64. The molecule has 0 unspecified atom stereocenters. The maximum absolute atomic E-state index is 10.6. The zero-order chi connectivity index (χ0) is 14.7. The van der Waals surface area contributed by atoms with E-state index < -0.39 is 5.97 Å². The van der Waals surface area contributed by atoms with Crippen LogP contribution in [0.25, 0.3) is 6.08 Å². The van der Waals surface area contributed by atoms with Gasteiger partial charge in [-0.2, -0.15) is 5.10 Å². The lowest BCUT2D eigenvalue weighted by Crippen LogP contribution is -1.95. The number of ether oxygens (including phenoxy) is 1. The Balaban J connectivity index is 2.36. The van der Waals surface area contributed by atoms with E-state index in [1.54, 1.807) is 23.0 Å². The molecule has 0 aromatic carbocycles. The van der Waals surface area contributed by atoms with Crippen molar-refractivity contribution in [1.29, 1.82) is 0 Å². The van der Waals surface area contributed by atoms with Crippen molar-refractivity contribution in [2.24, 2.45) is 7.05 Å². The highest BCUT2D eigenvalue weighted by molar-refractivity contribution is 5.85. The largest absolute Gasteiger partial charge is 0.478 e. The number of aliphatic carboxylic acids is 1. The third-order valence-electron chi connectivity index (χ3n) is 2.85. The molecule has 6 heteroatoms. The zero-order valence-corrected chi connectivity index (χ0v) is 11.5. The molecule has 0 spiro atoms. The number of rotatable bonds is 4. The third kappa shape index (κ3) is 2.85. The van der Waals surface area contributed by atoms with Crippen molar-refractivity contribution >= 4 is 12.0 Å². The summed E-state index contributed by atoms with van der Waals surface area (Å²) < 4.78 is 7.51. The van der Waals surface area contributed by atoms with E-state index in [2.05, 4.69) is 10.1 Å². The molecule has 104 valence electrons. The summed E-state index contributed by atoms with van der Waals surface area (Å²) in [5, 5.41) is 12.9. The van der Waals surface area contributed by atoms with Crippen molar-refractivity contribution in [3.8, 4) is 11.6 Å². The third-order valence-corrected chi connectivity index (χ3v) is 2.85. The predicted molar refractivity (Wildman–Crippen MR) is 73.7 cm³/mol. The topological polar surface area (TPSA) is 77.2 Å². The van der Waals surface area contributed by atoms with Crippen LogP contribution in [0.4, 0.5) is 0 Å². The van der Waals surface area contributed by atoms with Crippen LogP contribution < -0.4 is 4.74 Å². The van der Waals surface area contributed by atoms with Crippen LogP contribution in [0.5, 0.6) is 11.6 Å². The SMILES string of the molecule is Cc1nn(C)c(C)c1Oc1ncccc1/C=C/C(=O)O. The molecule has 0 aliphatic heterocycles. The zero-order valence-electron chi connectivity index (χ0n) is 11.5. The van der Waals surface area contributed by atoms with Crippen LogP contribution in [0.15, 0.2) is 24.4 Å². The van der Waals surface area contributed by atoms with E-state index in [4.69, 9.17) is 9.84 Å². The number of nitrogens with zero attached hydrogens (tertiary/aromatic N) is 3. The lowest BCUT2D eigenvalue weighted by atomic mass is 10.2. The maximum atomic E-state index is 10.6. The van der Waals surface area contributed by atoms with Crippen molar-refractivity contribution in [3.63, 3.8) is 0 Å². The summed E-state index contributed by atoms with van der Waals surface area (Å²) >= 11 is 0. The number of hydrogen-bond donors (Lipinski definition) is 1. The highest BCUT2D eigenvalue weighted by atomic mass is 16.5. The van der Waals surface area contributed by atoms with Crippen molar-refractivity contribution in [1.82, 2.24) is 14.8 Å². The number of carboxylic acids is 1. The number of hydrogen-bond acceptors (Lipinski definition) is 4. The number of carboxylic acid groups (broad SMARTS) is 1. The number of carbonyl (C=O) groups is 1. The second kappa shape index (κ2) is 5.56. The van der Waals surface area contributed by atoms with Crippen molar-refractivity contribution in [2.75, 3.05) is 0 Å². The van der Waals surface area contributed by atoms with E-state index >= 15 is 0 Å². The summed E-state index contributed by atoms with van der Waals surface area (Å²) in [4.78, 5) is 14.7. The molecule has 6 nitrogen and oxygen atoms in total. The van der Waals surface area contributed by atoms with E-state index in [0.29, 0.717) is 17.2 Å². The second-order valence-corrected chi connectivity index (χ2v) is 4.29. The minimum atomic E-state index is -1.02. The summed E-state index contributed by atoms with van der Waals surface area (Å²) in [5.74, 6) is -0.0334. The summed E-state index contributed by atoms with van der Waals surface area (Å²) in [7, 11) is 1.83. The quantitative estimate of drug-likeness (QED) is 0.865. The summed E-state index contributed by atoms with van der Waals surface area (Å²) in [6.45, 7) is 3.74. The molecule has 2 aromatic heterocycles. The second-order valence-electron chi connectivity index (χ2n) is 4.29. The van der Waals surface area contributed by atoms with Crippen molar-refractivity contribution in [3.05, 3.63) is 41.4 Å². The molecule has 0 fully saturated rings. The van der Waals surface area contributed by atoms with Crippen LogP contribution in [-0.2, 0) is 11.8 Å². The molecule has 0 aliphatic rings. The maximum Gasteiger partial charge on any atom is 0.328 e.